The molecule has 0 aromatic heterocycles. The lowest BCUT2D eigenvalue weighted by molar-refractivity contribution is -0.121. The molecule has 0 heterocycles. The van der Waals surface area contributed by atoms with E-state index in [2.05, 4.69) is 36.5 Å². The fourth-order valence-electron chi connectivity index (χ4n) is 2.65. The second-order valence-corrected chi connectivity index (χ2v) is 6.42. The Morgan fingerprint density at radius 2 is 1.69 bits per heavy atom. The number of nitrogens with one attached hydrogen (secondary N) is 1. The SMILES string of the molecule is CCc1ccc(C(C)NC(=O)CCCOc2ccc(C(C)=O)cc2)cc1. The van der Waals surface area contributed by atoms with E-state index in [0.717, 1.165) is 12.0 Å². The molecule has 0 aliphatic carbocycles. The molecular formula is C22H27NO3. The molecule has 0 saturated heterocycles. The number of carbonyl (C=O) groups excluding carboxylic acids is 2. The van der Waals surface area contributed by atoms with Crippen LogP contribution in [-0.4, -0.2) is 18.3 Å². The smallest absolute Gasteiger partial charge is 0.220 e. The number of amides is 1. The zero-order chi connectivity index (χ0) is 18.9. The number of Topliss-reactive ketones (excluding diaryl/α,β-unsaturated/α-hetero) is 1. The summed E-state index contributed by atoms with van der Waals surface area (Å²) >= 11 is 0. The maximum atomic E-state index is 12.1. The first-order chi connectivity index (χ1) is 12.5. The van der Waals surface area contributed by atoms with Crippen LogP contribution in [0.25, 0.3) is 0 Å². The van der Waals surface area contributed by atoms with Gasteiger partial charge in [0.1, 0.15) is 5.75 Å². The van der Waals surface area contributed by atoms with Gasteiger partial charge in [0.2, 0.25) is 5.91 Å². The summed E-state index contributed by atoms with van der Waals surface area (Å²) in [4.78, 5) is 23.3. The maximum absolute atomic E-state index is 12.1. The summed E-state index contributed by atoms with van der Waals surface area (Å²) in [6, 6.07) is 15.4. The van der Waals surface area contributed by atoms with Gasteiger partial charge in [-0.3, -0.25) is 9.59 Å². The third-order valence-corrected chi connectivity index (χ3v) is 4.34. The molecule has 2 aromatic rings. The number of hydrogen-bond donors (Lipinski definition) is 1. The number of ether oxygens (including phenoxy) is 1. The molecule has 0 aliphatic heterocycles. The number of ketones is 1. The van der Waals surface area contributed by atoms with Crippen molar-refractivity contribution in [3.05, 3.63) is 65.2 Å². The van der Waals surface area contributed by atoms with Gasteiger partial charge in [-0.2, -0.15) is 0 Å². The number of aryl methyl sites for hydroxylation is 1. The molecule has 0 spiro atoms. The van der Waals surface area contributed by atoms with Crippen LogP contribution in [-0.2, 0) is 11.2 Å². The highest BCUT2D eigenvalue weighted by molar-refractivity contribution is 5.94. The van der Waals surface area contributed by atoms with Crippen molar-refractivity contribution in [1.29, 1.82) is 0 Å². The van der Waals surface area contributed by atoms with E-state index in [9.17, 15) is 9.59 Å². The van der Waals surface area contributed by atoms with Crippen molar-refractivity contribution in [3.8, 4) is 5.75 Å². The monoisotopic (exact) mass is 353 g/mol. The Morgan fingerprint density at radius 3 is 2.27 bits per heavy atom. The fourth-order valence-corrected chi connectivity index (χ4v) is 2.65. The van der Waals surface area contributed by atoms with Crippen LogP contribution >= 0.6 is 0 Å². The lowest BCUT2D eigenvalue weighted by Crippen LogP contribution is -2.26. The molecule has 2 rings (SSSR count). The van der Waals surface area contributed by atoms with Gasteiger partial charge in [0.25, 0.3) is 0 Å². The van der Waals surface area contributed by atoms with Crippen LogP contribution in [0.4, 0.5) is 0 Å². The minimum atomic E-state index is -0.00607. The van der Waals surface area contributed by atoms with Crippen molar-refractivity contribution in [3.63, 3.8) is 0 Å². The standard InChI is InChI=1S/C22H27NO3/c1-4-18-7-9-19(10-8-18)16(2)23-22(25)6-5-15-26-21-13-11-20(12-14-21)17(3)24/h7-14,16H,4-6,15H2,1-3H3,(H,23,25). The first-order valence-electron chi connectivity index (χ1n) is 9.11. The molecule has 0 fully saturated rings. The summed E-state index contributed by atoms with van der Waals surface area (Å²) in [6.45, 7) is 6.12. The molecule has 138 valence electrons. The van der Waals surface area contributed by atoms with E-state index in [1.54, 1.807) is 24.3 Å². The average Bonchev–Trinajstić information content (AvgIpc) is 2.65. The van der Waals surface area contributed by atoms with Gasteiger partial charge in [0.05, 0.1) is 12.6 Å². The second kappa shape index (κ2) is 9.76. The van der Waals surface area contributed by atoms with E-state index in [0.29, 0.717) is 30.8 Å². The summed E-state index contributed by atoms with van der Waals surface area (Å²) in [5, 5.41) is 3.02. The summed E-state index contributed by atoms with van der Waals surface area (Å²) in [5.41, 5.74) is 3.07. The molecule has 4 heteroatoms. The van der Waals surface area contributed by atoms with Crippen molar-refractivity contribution in [2.45, 2.75) is 46.1 Å². The van der Waals surface area contributed by atoms with Gasteiger partial charge in [0.15, 0.2) is 5.78 Å². The zero-order valence-corrected chi connectivity index (χ0v) is 15.7. The highest BCUT2D eigenvalue weighted by atomic mass is 16.5. The van der Waals surface area contributed by atoms with Crippen LogP contribution in [0, 0.1) is 0 Å². The largest absolute Gasteiger partial charge is 0.494 e. The Bertz CT molecular complexity index is 720. The van der Waals surface area contributed by atoms with E-state index < -0.39 is 0 Å². The van der Waals surface area contributed by atoms with Crippen molar-refractivity contribution < 1.29 is 14.3 Å². The maximum Gasteiger partial charge on any atom is 0.220 e. The minimum absolute atomic E-state index is 0.00607. The number of benzene rings is 2. The highest BCUT2D eigenvalue weighted by Gasteiger charge is 2.09. The molecule has 4 nitrogen and oxygen atoms in total. The molecule has 1 amide bonds. The quantitative estimate of drug-likeness (QED) is 0.534. The number of carbonyl (C=O) groups is 2. The summed E-state index contributed by atoms with van der Waals surface area (Å²) < 4.78 is 5.61. The average molecular weight is 353 g/mol. The Hall–Kier alpha value is -2.62. The van der Waals surface area contributed by atoms with E-state index in [1.165, 1.54) is 12.5 Å². The Morgan fingerprint density at radius 1 is 1.04 bits per heavy atom. The van der Waals surface area contributed by atoms with Crippen LogP contribution in [0.3, 0.4) is 0 Å². The first-order valence-corrected chi connectivity index (χ1v) is 9.11. The van der Waals surface area contributed by atoms with Crippen LogP contribution < -0.4 is 10.1 Å². The van der Waals surface area contributed by atoms with Crippen LogP contribution in [0.5, 0.6) is 5.75 Å². The number of hydrogen-bond acceptors (Lipinski definition) is 3. The molecule has 0 aliphatic rings. The molecule has 0 radical (unpaired) electrons. The van der Waals surface area contributed by atoms with E-state index >= 15 is 0 Å². The van der Waals surface area contributed by atoms with Gasteiger partial charge in [0, 0.05) is 12.0 Å². The van der Waals surface area contributed by atoms with Crippen LogP contribution in [0.1, 0.15) is 61.1 Å². The van der Waals surface area contributed by atoms with Crippen molar-refractivity contribution >= 4 is 11.7 Å². The Balaban J connectivity index is 1.70. The molecule has 0 saturated carbocycles. The fraction of sp³-hybridized carbons (Fsp3) is 0.364. The van der Waals surface area contributed by atoms with Gasteiger partial charge in [-0.15, -0.1) is 0 Å². The summed E-state index contributed by atoms with van der Waals surface area (Å²) in [5.74, 6) is 0.763. The molecule has 26 heavy (non-hydrogen) atoms. The lowest BCUT2D eigenvalue weighted by Gasteiger charge is -2.15. The van der Waals surface area contributed by atoms with E-state index in [4.69, 9.17) is 4.74 Å². The van der Waals surface area contributed by atoms with Gasteiger partial charge in [-0.05, 0) is 62.1 Å². The molecule has 1 atom stereocenters. The van der Waals surface area contributed by atoms with Gasteiger partial charge in [-0.25, -0.2) is 0 Å². The van der Waals surface area contributed by atoms with Gasteiger partial charge in [-0.1, -0.05) is 31.2 Å². The molecule has 2 aromatic carbocycles. The van der Waals surface area contributed by atoms with Crippen LogP contribution in [0.15, 0.2) is 48.5 Å². The Kier molecular flexibility index (Phi) is 7.39. The van der Waals surface area contributed by atoms with Gasteiger partial charge >= 0.3 is 0 Å². The van der Waals surface area contributed by atoms with E-state index in [-0.39, 0.29) is 17.7 Å². The zero-order valence-electron chi connectivity index (χ0n) is 15.7. The first kappa shape index (κ1) is 19.7. The molecule has 1 unspecified atom stereocenters. The van der Waals surface area contributed by atoms with Crippen LogP contribution in [0.2, 0.25) is 0 Å². The van der Waals surface area contributed by atoms with Gasteiger partial charge < -0.3 is 10.1 Å². The topological polar surface area (TPSA) is 55.4 Å². The second-order valence-electron chi connectivity index (χ2n) is 6.42. The van der Waals surface area contributed by atoms with Crippen molar-refractivity contribution in [2.75, 3.05) is 6.61 Å². The van der Waals surface area contributed by atoms with Crippen molar-refractivity contribution in [2.24, 2.45) is 0 Å². The van der Waals surface area contributed by atoms with E-state index in [1.807, 2.05) is 6.92 Å². The lowest BCUT2D eigenvalue weighted by atomic mass is 10.0. The molecule has 0 bridgehead atoms. The molecule has 1 N–H and O–H groups in total. The number of rotatable bonds is 9. The third-order valence-electron chi connectivity index (χ3n) is 4.34. The summed E-state index contributed by atoms with van der Waals surface area (Å²) in [6.07, 6.45) is 2.07. The normalized spacial score (nSPS) is 11.7. The minimum Gasteiger partial charge on any atom is -0.494 e. The Labute approximate surface area is 155 Å². The third kappa shape index (κ3) is 6.03. The molecular weight excluding hydrogens is 326 g/mol. The highest BCUT2D eigenvalue weighted by Crippen LogP contribution is 2.15. The summed E-state index contributed by atoms with van der Waals surface area (Å²) in [7, 11) is 0. The van der Waals surface area contributed by atoms with Crippen molar-refractivity contribution in [1.82, 2.24) is 5.32 Å². The predicted octanol–water partition coefficient (Wildman–Crippen LogP) is 4.49. The predicted molar refractivity (Wildman–Crippen MR) is 104 cm³/mol.